The number of nitrogens with zero attached hydrogens (tertiary/aromatic N) is 5. The van der Waals surface area contributed by atoms with Crippen LogP contribution in [0.25, 0.3) is 11.3 Å². The van der Waals surface area contributed by atoms with Crippen molar-refractivity contribution >= 4 is 21.9 Å². The van der Waals surface area contributed by atoms with Crippen LogP contribution in [0.1, 0.15) is 40.9 Å². The molecule has 2 aromatic heterocycles. The zero-order chi connectivity index (χ0) is 28.3. The van der Waals surface area contributed by atoms with E-state index in [1.807, 2.05) is 58.9 Å². The van der Waals surface area contributed by atoms with Crippen LogP contribution in [-0.2, 0) is 17.1 Å². The van der Waals surface area contributed by atoms with Crippen LogP contribution in [0.4, 0.5) is 5.95 Å². The minimum atomic E-state index is -4.01. The summed E-state index contributed by atoms with van der Waals surface area (Å²) in [6.07, 6.45) is 2.63. The second kappa shape index (κ2) is 11.2. The number of benzene rings is 2. The number of hydrogen-bond acceptors (Lipinski definition) is 7. The molecule has 0 saturated heterocycles. The van der Waals surface area contributed by atoms with E-state index in [2.05, 4.69) is 19.8 Å². The highest BCUT2D eigenvalue weighted by atomic mass is 32.2. The summed E-state index contributed by atoms with van der Waals surface area (Å²) < 4.78 is 36.1. The van der Waals surface area contributed by atoms with E-state index >= 15 is 0 Å². The fourth-order valence-electron chi connectivity index (χ4n) is 4.24. The van der Waals surface area contributed by atoms with Crippen LogP contribution >= 0.6 is 0 Å². The van der Waals surface area contributed by atoms with E-state index in [1.54, 1.807) is 30.1 Å². The van der Waals surface area contributed by atoms with E-state index in [0.717, 1.165) is 22.3 Å². The predicted octanol–water partition coefficient (Wildman–Crippen LogP) is 4.88. The normalized spacial score (nSPS) is 11.3. The molecule has 0 aliphatic heterocycles. The molecule has 39 heavy (non-hydrogen) atoms. The second-order valence-electron chi connectivity index (χ2n) is 9.20. The molecule has 4 rings (SSSR count). The summed E-state index contributed by atoms with van der Waals surface area (Å²) >= 11 is 0. The number of carbonyl (C=O) groups excluding carboxylic acids is 1. The van der Waals surface area contributed by atoms with Gasteiger partial charge in [-0.1, -0.05) is 24.3 Å². The molecule has 0 spiro atoms. The van der Waals surface area contributed by atoms with Crippen LogP contribution < -0.4 is 9.46 Å². The molecule has 2 heterocycles. The first kappa shape index (κ1) is 27.8. The van der Waals surface area contributed by atoms with Crippen molar-refractivity contribution in [3.8, 4) is 22.9 Å². The van der Waals surface area contributed by atoms with Gasteiger partial charge in [0.25, 0.3) is 15.9 Å². The number of rotatable bonds is 9. The molecule has 0 bridgehead atoms. The largest absolute Gasteiger partial charge is 0.439 e. The van der Waals surface area contributed by atoms with Crippen molar-refractivity contribution in [2.24, 2.45) is 7.05 Å². The average Bonchev–Trinajstić information content (AvgIpc) is 3.33. The Morgan fingerprint density at radius 2 is 1.69 bits per heavy atom. The minimum Gasteiger partial charge on any atom is -0.439 e. The molecule has 11 heteroatoms. The molecule has 0 unspecified atom stereocenters. The molecule has 1 N–H and O–H groups in total. The van der Waals surface area contributed by atoms with Gasteiger partial charge in [0.1, 0.15) is 10.6 Å². The van der Waals surface area contributed by atoms with Gasteiger partial charge in [-0.15, -0.1) is 0 Å². The third-order valence-corrected chi connectivity index (χ3v) is 7.64. The first-order valence-electron chi connectivity index (χ1n) is 12.6. The van der Waals surface area contributed by atoms with E-state index < -0.39 is 10.0 Å². The topological polar surface area (TPSA) is 119 Å². The van der Waals surface area contributed by atoms with Crippen LogP contribution in [0.3, 0.4) is 0 Å². The van der Waals surface area contributed by atoms with Gasteiger partial charge < -0.3 is 9.64 Å². The quantitative estimate of drug-likeness (QED) is 0.317. The van der Waals surface area contributed by atoms with E-state index in [0.29, 0.717) is 30.1 Å². The molecule has 0 saturated carbocycles. The average molecular weight is 549 g/mol. The monoisotopic (exact) mass is 548 g/mol. The number of ether oxygens (including phenoxy) is 1. The third kappa shape index (κ3) is 6.09. The Morgan fingerprint density at radius 1 is 1.00 bits per heavy atom. The number of carbonyl (C=O) groups is 1. The lowest BCUT2D eigenvalue weighted by Crippen LogP contribution is -2.30. The number of aromatic nitrogens is 4. The van der Waals surface area contributed by atoms with E-state index in [4.69, 9.17) is 4.74 Å². The molecule has 204 valence electrons. The molecule has 0 aliphatic carbocycles. The highest BCUT2D eigenvalue weighted by Gasteiger charge is 2.21. The van der Waals surface area contributed by atoms with Crippen molar-refractivity contribution in [3.05, 3.63) is 77.1 Å². The van der Waals surface area contributed by atoms with Gasteiger partial charge in [0.2, 0.25) is 11.8 Å². The maximum absolute atomic E-state index is 13.0. The summed E-state index contributed by atoms with van der Waals surface area (Å²) in [5, 5.41) is 3.94. The number of anilines is 1. The minimum absolute atomic E-state index is 0.0213. The van der Waals surface area contributed by atoms with Gasteiger partial charge in [-0.3, -0.25) is 9.48 Å². The lowest BCUT2D eigenvalue weighted by atomic mass is 10.00. The van der Waals surface area contributed by atoms with Crippen molar-refractivity contribution in [2.45, 2.75) is 39.5 Å². The van der Waals surface area contributed by atoms with Crippen molar-refractivity contribution < 1.29 is 17.9 Å². The SMILES string of the molecule is CCN(CC)C(=O)c1ccc(C)c(Oc2cc(-c3c(C)cccc3C)nc(NS(=O)(=O)c3cnn(C)c3)n2)c1. The summed E-state index contributed by atoms with van der Waals surface area (Å²) in [7, 11) is -2.38. The fourth-order valence-corrected chi connectivity index (χ4v) is 5.16. The number of hydrogen-bond donors (Lipinski definition) is 1. The summed E-state index contributed by atoms with van der Waals surface area (Å²) in [5.74, 6) is 0.304. The van der Waals surface area contributed by atoms with Crippen LogP contribution in [0.2, 0.25) is 0 Å². The molecular weight excluding hydrogens is 516 g/mol. The Labute approximate surface area is 228 Å². The van der Waals surface area contributed by atoms with Crippen LogP contribution in [0.15, 0.2) is 59.8 Å². The predicted molar refractivity (Wildman–Crippen MR) is 149 cm³/mol. The van der Waals surface area contributed by atoms with Gasteiger partial charge in [-0.05, 0) is 63.4 Å². The van der Waals surface area contributed by atoms with Crippen molar-refractivity contribution in [1.82, 2.24) is 24.6 Å². The van der Waals surface area contributed by atoms with E-state index in [9.17, 15) is 13.2 Å². The van der Waals surface area contributed by atoms with Crippen LogP contribution in [-0.4, -0.2) is 52.1 Å². The molecule has 0 aliphatic rings. The third-order valence-electron chi connectivity index (χ3n) is 6.36. The van der Waals surface area contributed by atoms with Gasteiger partial charge in [0.05, 0.1) is 11.9 Å². The standard InChI is InChI=1S/C28H32N6O4S/c1-7-34(8-2)27(35)21-13-12-18(3)24(14-21)38-25-15-23(26-19(4)10-9-11-20(26)5)30-28(31-25)32-39(36,37)22-16-29-33(6)17-22/h9-17H,7-8H2,1-6H3,(H,30,31,32). The van der Waals surface area contributed by atoms with Gasteiger partial charge in [-0.25, -0.2) is 18.1 Å². The van der Waals surface area contributed by atoms with Crippen LogP contribution in [0.5, 0.6) is 11.6 Å². The molecule has 10 nitrogen and oxygen atoms in total. The summed E-state index contributed by atoms with van der Waals surface area (Å²) in [6, 6.07) is 12.8. The number of amides is 1. The Bertz CT molecular complexity index is 1610. The molecule has 4 aromatic rings. The molecule has 2 aromatic carbocycles. The van der Waals surface area contributed by atoms with Gasteiger partial charge >= 0.3 is 0 Å². The Morgan fingerprint density at radius 3 is 2.31 bits per heavy atom. The van der Waals surface area contributed by atoms with Gasteiger partial charge in [-0.2, -0.15) is 10.1 Å². The Kier molecular flexibility index (Phi) is 8.01. The van der Waals surface area contributed by atoms with Crippen molar-refractivity contribution in [2.75, 3.05) is 17.8 Å². The maximum atomic E-state index is 13.0. The number of aryl methyl sites for hydroxylation is 4. The number of sulfonamides is 1. The summed E-state index contributed by atoms with van der Waals surface area (Å²) in [6.45, 7) is 10.8. The summed E-state index contributed by atoms with van der Waals surface area (Å²) in [4.78, 5) is 23.5. The Hall–Kier alpha value is -4.25. The second-order valence-corrected chi connectivity index (χ2v) is 10.9. The molecule has 0 fully saturated rings. The van der Waals surface area contributed by atoms with Crippen molar-refractivity contribution in [3.63, 3.8) is 0 Å². The molecule has 1 amide bonds. The Balaban J connectivity index is 1.79. The zero-order valence-corrected chi connectivity index (χ0v) is 23.7. The molecule has 0 atom stereocenters. The smallest absolute Gasteiger partial charge is 0.267 e. The maximum Gasteiger partial charge on any atom is 0.267 e. The lowest BCUT2D eigenvalue weighted by molar-refractivity contribution is 0.0772. The lowest BCUT2D eigenvalue weighted by Gasteiger charge is -2.19. The summed E-state index contributed by atoms with van der Waals surface area (Å²) in [5.41, 5.74) is 4.53. The van der Waals surface area contributed by atoms with Crippen molar-refractivity contribution in [1.29, 1.82) is 0 Å². The van der Waals surface area contributed by atoms with Gasteiger partial charge in [0, 0.05) is 43.5 Å². The fraction of sp³-hybridized carbons (Fsp3) is 0.286. The first-order chi connectivity index (χ1) is 18.5. The zero-order valence-electron chi connectivity index (χ0n) is 22.9. The molecule has 0 radical (unpaired) electrons. The van der Waals surface area contributed by atoms with Crippen LogP contribution in [0, 0.1) is 20.8 Å². The first-order valence-corrected chi connectivity index (χ1v) is 14.1. The number of nitrogens with one attached hydrogen (secondary N) is 1. The molecular formula is C28H32N6O4S. The van der Waals surface area contributed by atoms with Gasteiger partial charge in [0.15, 0.2) is 0 Å². The van der Waals surface area contributed by atoms with E-state index in [-0.39, 0.29) is 22.6 Å². The highest BCUT2D eigenvalue weighted by molar-refractivity contribution is 7.92. The van der Waals surface area contributed by atoms with E-state index in [1.165, 1.54) is 17.1 Å². The highest BCUT2D eigenvalue weighted by Crippen LogP contribution is 2.32.